The first kappa shape index (κ1) is 31.9. The first-order valence-electron chi connectivity index (χ1n) is 14.1. The van der Waals surface area contributed by atoms with E-state index >= 15 is 0 Å². The van der Waals surface area contributed by atoms with Gasteiger partial charge < -0.3 is 24.2 Å². The van der Waals surface area contributed by atoms with Crippen molar-refractivity contribution in [2.45, 2.75) is 118 Å². The van der Waals surface area contributed by atoms with E-state index in [1.54, 1.807) is 13.8 Å². The lowest BCUT2D eigenvalue weighted by Gasteiger charge is -2.43. The zero-order chi connectivity index (χ0) is 28.2. The summed E-state index contributed by atoms with van der Waals surface area (Å²) < 4.78 is 18.2. The number of aliphatic hydroxyl groups excluding tert-OH is 1. The smallest absolute Gasteiger partial charge is 0.316 e. The third kappa shape index (κ3) is 7.84. The van der Waals surface area contributed by atoms with Gasteiger partial charge in [-0.05, 0) is 65.5 Å². The van der Waals surface area contributed by atoms with E-state index in [1.165, 1.54) is 0 Å². The molecule has 4 unspecified atom stereocenters. The van der Waals surface area contributed by atoms with Crippen LogP contribution >= 0.6 is 0 Å². The average molecular weight is 526 g/mol. The molecule has 0 aromatic heterocycles. The van der Waals surface area contributed by atoms with Crippen LogP contribution in [0.5, 0.6) is 0 Å². The quantitative estimate of drug-likeness (QED) is 0.436. The molecule has 0 bridgehead atoms. The lowest BCUT2D eigenvalue weighted by Crippen LogP contribution is -2.56. The minimum atomic E-state index is -0.945. The number of ketones is 2. The summed E-state index contributed by atoms with van der Waals surface area (Å²) in [6, 6.07) is -0.156. The third-order valence-electron chi connectivity index (χ3n) is 8.58. The topological polar surface area (TPSA) is 102 Å². The standard InChI is InChI=1S/C29H51NO7/c1-11-23-15(2)12-16(3)24(31)17(4)13-18(5)27(20(7)25(32)21(8)28(34)36-23)37-29-26(33)22(30(9)10)14-19(6)35-29/h15-23,26-27,29,33H,11-14H2,1-10H3/t15-,16-,17-,18+,19?,20+,21-,22?,23-,26?,27+,29?/m1/s1. The van der Waals surface area contributed by atoms with Crippen LogP contribution in [0, 0.1) is 35.5 Å². The van der Waals surface area contributed by atoms with Crippen molar-refractivity contribution in [1.29, 1.82) is 0 Å². The number of hydrogen-bond acceptors (Lipinski definition) is 8. The van der Waals surface area contributed by atoms with E-state index in [0.29, 0.717) is 25.7 Å². The van der Waals surface area contributed by atoms with Crippen LogP contribution in [0.1, 0.15) is 81.1 Å². The number of carbonyl (C=O) groups is 3. The van der Waals surface area contributed by atoms with E-state index in [9.17, 15) is 19.5 Å². The molecule has 2 heterocycles. The molecule has 2 saturated heterocycles. The van der Waals surface area contributed by atoms with Gasteiger partial charge in [0.05, 0.1) is 12.2 Å². The molecule has 2 rings (SSSR count). The fraction of sp³-hybridized carbons (Fsp3) is 0.897. The molecule has 0 aromatic carbocycles. The predicted octanol–water partition coefficient (Wildman–Crippen LogP) is 3.87. The number of carbonyl (C=O) groups excluding carboxylic acids is 3. The van der Waals surface area contributed by atoms with E-state index in [1.807, 2.05) is 60.5 Å². The second-order valence-corrected chi connectivity index (χ2v) is 12.1. The summed E-state index contributed by atoms with van der Waals surface area (Å²) in [5.41, 5.74) is 0. The predicted molar refractivity (Wildman–Crippen MR) is 142 cm³/mol. The Hall–Kier alpha value is -1.35. The summed E-state index contributed by atoms with van der Waals surface area (Å²) in [6.45, 7) is 15.1. The number of esters is 1. The van der Waals surface area contributed by atoms with Gasteiger partial charge in [0.2, 0.25) is 0 Å². The summed E-state index contributed by atoms with van der Waals surface area (Å²) in [6.07, 6.45) is -0.533. The maximum absolute atomic E-state index is 13.6. The van der Waals surface area contributed by atoms with E-state index in [4.69, 9.17) is 14.2 Å². The van der Waals surface area contributed by atoms with E-state index in [-0.39, 0.29) is 53.5 Å². The molecule has 0 radical (unpaired) electrons. The highest BCUT2D eigenvalue weighted by Crippen LogP contribution is 2.33. The van der Waals surface area contributed by atoms with Gasteiger partial charge >= 0.3 is 5.97 Å². The second kappa shape index (κ2) is 13.6. The second-order valence-electron chi connectivity index (χ2n) is 12.1. The molecule has 2 aliphatic heterocycles. The van der Waals surface area contributed by atoms with Gasteiger partial charge in [0.1, 0.15) is 23.9 Å². The first-order chi connectivity index (χ1) is 17.2. The van der Waals surface area contributed by atoms with Crippen molar-refractivity contribution in [2.75, 3.05) is 14.1 Å². The molecule has 0 aliphatic carbocycles. The van der Waals surface area contributed by atoms with Crippen LogP contribution in [0.4, 0.5) is 0 Å². The molecule has 12 atom stereocenters. The van der Waals surface area contributed by atoms with Crippen molar-refractivity contribution in [3.05, 3.63) is 0 Å². The highest BCUT2D eigenvalue weighted by atomic mass is 16.7. The normalized spacial score (nSPS) is 43.4. The Bertz CT molecular complexity index is 786. The van der Waals surface area contributed by atoms with Gasteiger partial charge in [-0.2, -0.15) is 0 Å². The van der Waals surface area contributed by atoms with E-state index < -0.39 is 36.3 Å². The van der Waals surface area contributed by atoms with Crippen molar-refractivity contribution in [2.24, 2.45) is 35.5 Å². The fourth-order valence-electron chi connectivity index (χ4n) is 6.20. The molecule has 1 N–H and O–H groups in total. The Morgan fingerprint density at radius 1 is 0.892 bits per heavy atom. The van der Waals surface area contributed by atoms with Gasteiger partial charge in [-0.15, -0.1) is 0 Å². The highest BCUT2D eigenvalue weighted by Gasteiger charge is 2.44. The number of ether oxygens (including phenoxy) is 3. The number of Topliss-reactive ketones (excluding diaryl/α,β-unsaturated/α-hetero) is 2. The number of cyclic esters (lactones) is 1. The van der Waals surface area contributed by atoms with Crippen LogP contribution in [0.25, 0.3) is 0 Å². The summed E-state index contributed by atoms with van der Waals surface area (Å²) >= 11 is 0. The summed E-state index contributed by atoms with van der Waals surface area (Å²) in [7, 11) is 3.82. The van der Waals surface area contributed by atoms with E-state index in [2.05, 4.69) is 0 Å². The summed E-state index contributed by atoms with van der Waals surface area (Å²) in [5.74, 6) is -2.83. The highest BCUT2D eigenvalue weighted by molar-refractivity contribution is 6.00. The Kier molecular flexibility index (Phi) is 11.7. The number of rotatable bonds is 4. The van der Waals surface area contributed by atoms with Crippen molar-refractivity contribution in [1.82, 2.24) is 4.90 Å². The lowest BCUT2D eigenvalue weighted by molar-refractivity contribution is -0.278. The third-order valence-corrected chi connectivity index (χ3v) is 8.58. The Balaban J connectivity index is 2.41. The van der Waals surface area contributed by atoms with Crippen molar-refractivity contribution < 1.29 is 33.7 Å². The zero-order valence-corrected chi connectivity index (χ0v) is 24.6. The minimum Gasteiger partial charge on any atom is -0.462 e. The van der Waals surface area contributed by atoms with Crippen LogP contribution < -0.4 is 0 Å². The molecule has 0 spiro atoms. The van der Waals surface area contributed by atoms with Gasteiger partial charge in [-0.25, -0.2) is 0 Å². The van der Waals surface area contributed by atoms with Crippen LogP contribution in [0.3, 0.4) is 0 Å². The zero-order valence-electron chi connectivity index (χ0n) is 24.6. The number of nitrogens with zero attached hydrogens (tertiary/aromatic N) is 1. The lowest BCUT2D eigenvalue weighted by atomic mass is 9.78. The fourth-order valence-corrected chi connectivity index (χ4v) is 6.20. The molecule has 0 aromatic rings. The van der Waals surface area contributed by atoms with Gasteiger partial charge in [-0.3, -0.25) is 14.4 Å². The molecular weight excluding hydrogens is 474 g/mol. The molecule has 0 amide bonds. The van der Waals surface area contributed by atoms with Crippen molar-refractivity contribution in [3.63, 3.8) is 0 Å². The van der Waals surface area contributed by atoms with Gasteiger partial charge in [0.25, 0.3) is 0 Å². The Morgan fingerprint density at radius 3 is 2.00 bits per heavy atom. The van der Waals surface area contributed by atoms with Crippen molar-refractivity contribution in [3.8, 4) is 0 Å². The Labute approximate surface area is 223 Å². The molecule has 2 aliphatic rings. The van der Waals surface area contributed by atoms with Crippen molar-refractivity contribution >= 4 is 17.5 Å². The Morgan fingerprint density at radius 2 is 1.46 bits per heavy atom. The SMILES string of the molecule is CC[C@H]1OC(=O)[C@H](C)C(=O)[C@H](C)[C@@H](OC2OC(C)CC(N(C)C)C2O)[C@@H](C)C[C@@H](C)C(=O)[C@H](C)C[C@H]1C. The molecule has 2 fully saturated rings. The van der Waals surface area contributed by atoms with Gasteiger partial charge in [-0.1, -0.05) is 41.5 Å². The minimum absolute atomic E-state index is 0.00726. The molecule has 214 valence electrons. The van der Waals surface area contributed by atoms with Crippen LogP contribution in [0.2, 0.25) is 0 Å². The first-order valence-corrected chi connectivity index (χ1v) is 14.1. The summed E-state index contributed by atoms with van der Waals surface area (Å²) in [4.78, 5) is 41.8. The number of aliphatic hydroxyl groups is 1. The molecule has 8 heteroatoms. The van der Waals surface area contributed by atoms with Gasteiger partial charge in [0.15, 0.2) is 12.1 Å². The molecular formula is C29H51NO7. The molecule has 37 heavy (non-hydrogen) atoms. The monoisotopic (exact) mass is 525 g/mol. The molecule has 8 nitrogen and oxygen atoms in total. The van der Waals surface area contributed by atoms with Crippen LogP contribution in [0.15, 0.2) is 0 Å². The largest absolute Gasteiger partial charge is 0.462 e. The average Bonchev–Trinajstić information content (AvgIpc) is 2.84. The van der Waals surface area contributed by atoms with E-state index in [0.717, 1.165) is 0 Å². The molecule has 0 saturated carbocycles. The summed E-state index contributed by atoms with van der Waals surface area (Å²) in [5, 5.41) is 11.1. The number of hydrogen-bond donors (Lipinski definition) is 1. The number of likely N-dealkylation sites (N-methyl/N-ethyl adjacent to an activating group) is 1. The maximum atomic E-state index is 13.6. The van der Waals surface area contributed by atoms with Crippen LogP contribution in [-0.2, 0) is 28.6 Å². The van der Waals surface area contributed by atoms with Gasteiger partial charge in [0, 0.05) is 23.8 Å². The maximum Gasteiger partial charge on any atom is 0.316 e. The van der Waals surface area contributed by atoms with Crippen LogP contribution in [-0.4, -0.2) is 78.4 Å².